The van der Waals surface area contributed by atoms with Crippen LogP contribution < -0.4 is 15.4 Å². The smallest absolute Gasteiger partial charge is 0.313 e. The predicted octanol–water partition coefficient (Wildman–Crippen LogP) is 3.57. The average Bonchev–Trinajstić information content (AvgIpc) is 2.73. The molecule has 0 spiro atoms. The first kappa shape index (κ1) is 19.4. The number of pyridine rings is 1. The number of halogens is 1. The molecular weight excluding hydrogens is 378 g/mol. The summed E-state index contributed by atoms with van der Waals surface area (Å²) >= 11 is 5.85. The number of carbonyl (C=O) groups excluding carboxylic acids is 2. The molecule has 3 rings (SSSR count). The molecule has 0 unspecified atom stereocenters. The van der Waals surface area contributed by atoms with Crippen molar-refractivity contribution in [2.45, 2.75) is 13.2 Å². The molecule has 2 N–H and O–H groups in total. The number of carbonyl (C=O) groups is 2. The third kappa shape index (κ3) is 5.82. The number of amides is 2. The second kappa shape index (κ2) is 9.53. The van der Waals surface area contributed by atoms with Gasteiger partial charge in [-0.15, -0.1) is 0 Å². The Morgan fingerprint density at radius 2 is 1.68 bits per heavy atom. The van der Waals surface area contributed by atoms with Gasteiger partial charge in [0.15, 0.2) is 0 Å². The highest BCUT2D eigenvalue weighted by Gasteiger charge is 2.13. The number of benzene rings is 2. The van der Waals surface area contributed by atoms with E-state index in [9.17, 15) is 9.59 Å². The van der Waals surface area contributed by atoms with Crippen molar-refractivity contribution in [1.82, 2.24) is 10.3 Å². The van der Waals surface area contributed by atoms with Crippen LogP contribution in [0.25, 0.3) is 0 Å². The molecule has 0 saturated carbocycles. The van der Waals surface area contributed by atoms with E-state index < -0.39 is 11.8 Å². The van der Waals surface area contributed by atoms with E-state index in [0.29, 0.717) is 23.1 Å². The molecule has 0 aliphatic heterocycles. The van der Waals surface area contributed by atoms with Crippen LogP contribution in [0.4, 0.5) is 5.69 Å². The van der Waals surface area contributed by atoms with Crippen molar-refractivity contribution >= 4 is 29.1 Å². The molecule has 1 aromatic heterocycles. The van der Waals surface area contributed by atoms with Crippen molar-refractivity contribution in [3.63, 3.8) is 0 Å². The Balaban J connectivity index is 1.47. The van der Waals surface area contributed by atoms with Crippen LogP contribution in [0, 0.1) is 0 Å². The Bertz CT molecular complexity index is 929. The molecule has 0 saturated heterocycles. The fourth-order valence-electron chi connectivity index (χ4n) is 2.33. The summed E-state index contributed by atoms with van der Waals surface area (Å²) in [6.45, 7) is 0.636. The molecule has 0 atom stereocenters. The van der Waals surface area contributed by atoms with Gasteiger partial charge >= 0.3 is 11.8 Å². The van der Waals surface area contributed by atoms with Crippen LogP contribution in [-0.4, -0.2) is 16.8 Å². The van der Waals surface area contributed by atoms with Crippen LogP contribution in [0.15, 0.2) is 73.1 Å². The van der Waals surface area contributed by atoms with Crippen molar-refractivity contribution < 1.29 is 14.3 Å². The maximum absolute atomic E-state index is 12.0. The van der Waals surface area contributed by atoms with Crippen molar-refractivity contribution in [3.8, 4) is 5.75 Å². The summed E-state index contributed by atoms with van der Waals surface area (Å²) < 4.78 is 5.69. The van der Waals surface area contributed by atoms with Crippen LogP contribution in [0.2, 0.25) is 5.02 Å². The van der Waals surface area contributed by atoms with Crippen LogP contribution in [0.1, 0.15) is 11.1 Å². The minimum absolute atomic E-state index is 0.234. The Kier molecular flexibility index (Phi) is 6.59. The second-order valence-corrected chi connectivity index (χ2v) is 6.37. The number of hydrogen-bond donors (Lipinski definition) is 2. The van der Waals surface area contributed by atoms with Crippen LogP contribution in [0.5, 0.6) is 5.75 Å². The first-order valence-corrected chi connectivity index (χ1v) is 8.93. The lowest BCUT2D eigenvalue weighted by Crippen LogP contribution is -2.34. The summed E-state index contributed by atoms with van der Waals surface area (Å²) in [7, 11) is 0. The Morgan fingerprint density at radius 1 is 0.929 bits per heavy atom. The highest BCUT2D eigenvalue weighted by Crippen LogP contribution is 2.18. The zero-order valence-corrected chi connectivity index (χ0v) is 15.6. The highest BCUT2D eigenvalue weighted by molar-refractivity contribution is 6.39. The monoisotopic (exact) mass is 395 g/mol. The number of nitrogens with one attached hydrogen (secondary N) is 2. The minimum Gasteiger partial charge on any atom is -0.489 e. The van der Waals surface area contributed by atoms with E-state index >= 15 is 0 Å². The molecule has 0 bridgehead atoms. The van der Waals surface area contributed by atoms with Gasteiger partial charge in [0.1, 0.15) is 12.4 Å². The quantitative estimate of drug-likeness (QED) is 0.625. The number of rotatable bonds is 6. The summed E-state index contributed by atoms with van der Waals surface area (Å²) in [5, 5.41) is 5.77. The maximum Gasteiger partial charge on any atom is 0.313 e. The molecular formula is C21H18ClN3O3. The Morgan fingerprint density at radius 3 is 2.36 bits per heavy atom. The normalized spacial score (nSPS) is 10.2. The standard InChI is InChI=1S/C21H18ClN3O3/c22-17-5-3-15(4-6-17)14-28-19-9-7-18(8-10-19)25-21(27)20(26)24-13-16-2-1-11-23-12-16/h1-12H,13-14H2,(H,24,26)(H,25,27). The fourth-order valence-corrected chi connectivity index (χ4v) is 2.46. The molecule has 28 heavy (non-hydrogen) atoms. The summed E-state index contributed by atoms with van der Waals surface area (Å²) in [4.78, 5) is 27.8. The average molecular weight is 396 g/mol. The zero-order valence-electron chi connectivity index (χ0n) is 14.9. The molecule has 0 aliphatic rings. The van der Waals surface area contributed by atoms with E-state index in [1.54, 1.807) is 54.9 Å². The van der Waals surface area contributed by atoms with E-state index in [-0.39, 0.29) is 6.54 Å². The molecule has 142 valence electrons. The first-order valence-electron chi connectivity index (χ1n) is 8.55. The number of hydrogen-bond acceptors (Lipinski definition) is 4. The van der Waals surface area contributed by atoms with E-state index in [1.807, 2.05) is 18.2 Å². The Hall–Kier alpha value is -3.38. The highest BCUT2D eigenvalue weighted by atomic mass is 35.5. The van der Waals surface area contributed by atoms with Gasteiger partial charge in [0.25, 0.3) is 0 Å². The molecule has 6 nitrogen and oxygen atoms in total. The van der Waals surface area contributed by atoms with Gasteiger partial charge in [-0.05, 0) is 53.6 Å². The summed E-state index contributed by atoms with van der Waals surface area (Å²) in [6.07, 6.45) is 3.27. The number of nitrogens with zero attached hydrogens (tertiary/aromatic N) is 1. The summed E-state index contributed by atoms with van der Waals surface area (Å²) in [6, 6.07) is 17.7. The maximum atomic E-state index is 12.0. The second-order valence-electron chi connectivity index (χ2n) is 5.94. The van der Waals surface area contributed by atoms with Crippen molar-refractivity contribution in [3.05, 3.63) is 89.2 Å². The van der Waals surface area contributed by atoms with Crippen molar-refractivity contribution in [2.75, 3.05) is 5.32 Å². The van der Waals surface area contributed by atoms with Crippen molar-refractivity contribution in [2.24, 2.45) is 0 Å². The molecule has 0 fully saturated rings. The fraction of sp³-hybridized carbons (Fsp3) is 0.0952. The summed E-state index contributed by atoms with van der Waals surface area (Å²) in [5.41, 5.74) is 2.30. The lowest BCUT2D eigenvalue weighted by atomic mass is 10.2. The van der Waals surface area contributed by atoms with E-state index in [1.165, 1.54) is 0 Å². The largest absolute Gasteiger partial charge is 0.489 e. The summed E-state index contributed by atoms with van der Waals surface area (Å²) in [5.74, 6) is -0.806. The predicted molar refractivity (Wildman–Crippen MR) is 107 cm³/mol. The third-order valence-corrected chi connectivity index (χ3v) is 4.07. The third-order valence-electron chi connectivity index (χ3n) is 3.81. The zero-order chi connectivity index (χ0) is 19.8. The molecule has 2 aromatic carbocycles. The molecule has 7 heteroatoms. The van der Waals surface area contributed by atoms with Crippen molar-refractivity contribution in [1.29, 1.82) is 0 Å². The lowest BCUT2D eigenvalue weighted by Gasteiger charge is -2.09. The van der Waals surface area contributed by atoms with Crippen LogP contribution >= 0.6 is 11.6 Å². The number of ether oxygens (including phenoxy) is 1. The van der Waals surface area contributed by atoms with Crippen LogP contribution in [-0.2, 0) is 22.7 Å². The van der Waals surface area contributed by atoms with Gasteiger partial charge < -0.3 is 15.4 Å². The lowest BCUT2D eigenvalue weighted by molar-refractivity contribution is -0.136. The number of anilines is 1. The van der Waals surface area contributed by atoms with Gasteiger partial charge in [-0.3, -0.25) is 14.6 Å². The Labute approximate surface area is 167 Å². The first-order chi connectivity index (χ1) is 13.6. The molecule has 0 aliphatic carbocycles. The van der Waals surface area contributed by atoms with Gasteiger partial charge in [-0.25, -0.2) is 0 Å². The van der Waals surface area contributed by atoms with E-state index in [4.69, 9.17) is 16.3 Å². The minimum atomic E-state index is -0.737. The van der Waals surface area contributed by atoms with E-state index in [2.05, 4.69) is 15.6 Å². The molecule has 2 amide bonds. The molecule has 3 aromatic rings. The SMILES string of the molecule is O=C(NCc1cccnc1)C(=O)Nc1ccc(OCc2ccc(Cl)cc2)cc1. The van der Waals surface area contributed by atoms with E-state index in [0.717, 1.165) is 11.1 Å². The van der Waals surface area contributed by atoms with Gasteiger partial charge in [-0.1, -0.05) is 29.8 Å². The topological polar surface area (TPSA) is 80.3 Å². The van der Waals surface area contributed by atoms with Gasteiger partial charge in [0, 0.05) is 29.6 Å². The van der Waals surface area contributed by atoms with Crippen LogP contribution in [0.3, 0.4) is 0 Å². The molecule has 0 radical (unpaired) electrons. The van der Waals surface area contributed by atoms with Gasteiger partial charge in [0.2, 0.25) is 0 Å². The molecule has 1 heterocycles. The number of aromatic nitrogens is 1. The van der Waals surface area contributed by atoms with Gasteiger partial charge in [-0.2, -0.15) is 0 Å². The van der Waals surface area contributed by atoms with Gasteiger partial charge in [0.05, 0.1) is 0 Å².